The molecule has 0 spiro atoms. The zero-order chi connectivity index (χ0) is 15.4. The molecule has 0 saturated heterocycles. The Morgan fingerprint density at radius 2 is 1.95 bits per heavy atom. The lowest BCUT2D eigenvalue weighted by molar-refractivity contribution is 0.0602. The van der Waals surface area contributed by atoms with Gasteiger partial charge < -0.3 is 4.74 Å². The SMILES string of the molecule is COC(=O)c1ccccc1N/N=N/c1nc2ccccc2s1. The fourth-order valence-corrected chi connectivity index (χ4v) is 2.68. The van der Waals surface area contributed by atoms with E-state index in [9.17, 15) is 4.79 Å². The average Bonchev–Trinajstić information content (AvgIpc) is 2.97. The van der Waals surface area contributed by atoms with Gasteiger partial charge in [0.25, 0.3) is 0 Å². The number of para-hydroxylation sites is 2. The lowest BCUT2D eigenvalue weighted by Gasteiger charge is -2.05. The number of nitrogens with one attached hydrogen (secondary N) is 1. The van der Waals surface area contributed by atoms with Crippen molar-refractivity contribution in [3.63, 3.8) is 0 Å². The van der Waals surface area contributed by atoms with Gasteiger partial charge in [-0.05, 0) is 24.3 Å². The number of anilines is 1. The number of thiazole rings is 1. The summed E-state index contributed by atoms with van der Waals surface area (Å²) < 4.78 is 5.77. The predicted molar refractivity (Wildman–Crippen MR) is 85.5 cm³/mol. The maximum Gasteiger partial charge on any atom is 0.340 e. The molecule has 1 heterocycles. The summed E-state index contributed by atoms with van der Waals surface area (Å²) >= 11 is 1.44. The second-order valence-corrected chi connectivity index (χ2v) is 5.32. The summed E-state index contributed by atoms with van der Waals surface area (Å²) in [5.74, 6) is -0.432. The maximum absolute atomic E-state index is 11.6. The predicted octanol–water partition coefficient (Wildman–Crippen LogP) is 4.19. The zero-order valence-corrected chi connectivity index (χ0v) is 12.5. The molecule has 0 amide bonds. The van der Waals surface area contributed by atoms with Crippen LogP contribution in [0.2, 0.25) is 0 Å². The van der Waals surface area contributed by atoms with Crippen molar-refractivity contribution in [1.29, 1.82) is 0 Å². The summed E-state index contributed by atoms with van der Waals surface area (Å²) in [6.45, 7) is 0. The molecule has 1 aromatic heterocycles. The van der Waals surface area contributed by atoms with Crippen LogP contribution in [-0.2, 0) is 4.74 Å². The molecule has 110 valence electrons. The van der Waals surface area contributed by atoms with Gasteiger partial charge in [0.15, 0.2) is 0 Å². The lowest BCUT2D eigenvalue weighted by atomic mass is 10.2. The molecular formula is C15H12N4O2S. The van der Waals surface area contributed by atoms with Crippen molar-refractivity contribution < 1.29 is 9.53 Å². The molecule has 0 saturated carbocycles. The first kappa shape index (κ1) is 14.2. The molecule has 3 rings (SSSR count). The van der Waals surface area contributed by atoms with E-state index in [1.807, 2.05) is 24.3 Å². The molecule has 7 heteroatoms. The Labute approximate surface area is 130 Å². The van der Waals surface area contributed by atoms with Crippen LogP contribution in [0.5, 0.6) is 0 Å². The molecule has 0 aliphatic rings. The number of hydrogen-bond donors (Lipinski definition) is 1. The Morgan fingerprint density at radius 1 is 1.18 bits per heavy atom. The second-order valence-electron chi connectivity index (χ2n) is 4.31. The Bertz CT molecular complexity index is 811. The van der Waals surface area contributed by atoms with E-state index in [1.165, 1.54) is 18.4 Å². The summed E-state index contributed by atoms with van der Waals surface area (Å²) in [6, 6.07) is 14.7. The fourth-order valence-electron chi connectivity index (χ4n) is 1.89. The normalized spacial score (nSPS) is 11.0. The number of rotatable bonds is 4. The Hall–Kier alpha value is -2.80. The topological polar surface area (TPSA) is 75.9 Å². The molecule has 0 fully saturated rings. The zero-order valence-electron chi connectivity index (χ0n) is 11.7. The number of ether oxygens (including phenoxy) is 1. The summed E-state index contributed by atoms with van der Waals surface area (Å²) in [6.07, 6.45) is 0. The lowest BCUT2D eigenvalue weighted by Crippen LogP contribution is -2.04. The standard InChI is InChI=1S/C15H12N4O2S/c1-21-14(20)10-6-2-3-7-11(10)17-19-18-15-16-12-8-4-5-9-13(12)22-15/h2-9H,1H3,(H,16,17,18). The van der Waals surface area contributed by atoms with Gasteiger partial charge in [0.05, 0.1) is 28.6 Å². The van der Waals surface area contributed by atoms with Gasteiger partial charge in [-0.2, -0.15) is 0 Å². The van der Waals surface area contributed by atoms with Crippen molar-refractivity contribution in [3.05, 3.63) is 54.1 Å². The van der Waals surface area contributed by atoms with Crippen LogP contribution in [0.1, 0.15) is 10.4 Å². The molecule has 0 atom stereocenters. The van der Waals surface area contributed by atoms with Gasteiger partial charge in [-0.1, -0.05) is 40.8 Å². The van der Waals surface area contributed by atoms with E-state index >= 15 is 0 Å². The molecule has 0 aliphatic carbocycles. The summed E-state index contributed by atoms with van der Waals surface area (Å²) in [7, 11) is 1.34. The highest BCUT2D eigenvalue weighted by Crippen LogP contribution is 2.28. The van der Waals surface area contributed by atoms with Crippen LogP contribution in [0.3, 0.4) is 0 Å². The van der Waals surface area contributed by atoms with Crippen molar-refractivity contribution >= 4 is 38.3 Å². The highest BCUT2D eigenvalue weighted by molar-refractivity contribution is 7.21. The minimum Gasteiger partial charge on any atom is -0.465 e. The van der Waals surface area contributed by atoms with E-state index < -0.39 is 5.97 Å². The Kier molecular flexibility index (Phi) is 4.06. The smallest absolute Gasteiger partial charge is 0.340 e. The van der Waals surface area contributed by atoms with Gasteiger partial charge in [-0.25, -0.2) is 9.78 Å². The van der Waals surface area contributed by atoms with E-state index in [2.05, 4.69) is 20.7 Å². The van der Waals surface area contributed by atoms with Gasteiger partial charge in [-0.3, -0.25) is 5.43 Å². The maximum atomic E-state index is 11.6. The molecule has 0 bridgehead atoms. The number of nitrogens with zero attached hydrogens (tertiary/aromatic N) is 3. The minimum atomic E-state index is -0.432. The molecule has 0 aliphatic heterocycles. The number of hydrogen-bond acceptors (Lipinski definition) is 6. The van der Waals surface area contributed by atoms with E-state index in [0.29, 0.717) is 16.4 Å². The van der Waals surface area contributed by atoms with Crippen LogP contribution in [-0.4, -0.2) is 18.1 Å². The highest BCUT2D eigenvalue weighted by Gasteiger charge is 2.10. The highest BCUT2D eigenvalue weighted by atomic mass is 32.1. The third-order valence-corrected chi connectivity index (χ3v) is 3.84. The minimum absolute atomic E-state index is 0.397. The Balaban J connectivity index is 1.78. The number of fused-ring (bicyclic) bond motifs is 1. The second kappa shape index (κ2) is 6.31. The molecule has 3 aromatic rings. The van der Waals surface area contributed by atoms with E-state index in [1.54, 1.807) is 24.3 Å². The molecule has 22 heavy (non-hydrogen) atoms. The van der Waals surface area contributed by atoms with Gasteiger partial charge in [-0.15, -0.1) is 5.11 Å². The number of benzene rings is 2. The van der Waals surface area contributed by atoms with Crippen LogP contribution < -0.4 is 5.43 Å². The van der Waals surface area contributed by atoms with Crippen LogP contribution in [0.4, 0.5) is 10.8 Å². The first-order valence-electron chi connectivity index (χ1n) is 6.47. The number of carbonyl (C=O) groups excluding carboxylic acids is 1. The van der Waals surface area contributed by atoms with Crippen LogP contribution in [0, 0.1) is 0 Å². The van der Waals surface area contributed by atoms with Crippen LogP contribution >= 0.6 is 11.3 Å². The fraction of sp³-hybridized carbons (Fsp3) is 0.0667. The van der Waals surface area contributed by atoms with Gasteiger partial charge in [0.2, 0.25) is 5.13 Å². The number of aromatic nitrogens is 1. The molecule has 0 unspecified atom stereocenters. The van der Waals surface area contributed by atoms with Crippen LogP contribution in [0.25, 0.3) is 10.2 Å². The average molecular weight is 312 g/mol. The van der Waals surface area contributed by atoms with Crippen molar-refractivity contribution in [3.8, 4) is 0 Å². The monoisotopic (exact) mass is 312 g/mol. The Morgan fingerprint density at radius 3 is 2.77 bits per heavy atom. The quantitative estimate of drug-likeness (QED) is 0.445. The van der Waals surface area contributed by atoms with Crippen molar-refractivity contribution in [2.24, 2.45) is 10.3 Å². The molecule has 1 N–H and O–H groups in total. The molecule has 0 radical (unpaired) electrons. The van der Waals surface area contributed by atoms with E-state index in [0.717, 1.165) is 10.2 Å². The summed E-state index contributed by atoms with van der Waals surface area (Å²) in [4.78, 5) is 16.0. The first-order chi connectivity index (χ1) is 10.8. The van der Waals surface area contributed by atoms with E-state index in [-0.39, 0.29) is 0 Å². The first-order valence-corrected chi connectivity index (χ1v) is 7.29. The van der Waals surface area contributed by atoms with Crippen molar-refractivity contribution in [1.82, 2.24) is 4.98 Å². The molecular weight excluding hydrogens is 300 g/mol. The third-order valence-electron chi connectivity index (χ3n) is 2.92. The van der Waals surface area contributed by atoms with Crippen molar-refractivity contribution in [2.75, 3.05) is 12.5 Å². The molecule has 2 aromatic carbocycles. The molecule has 6 nitrogen and oxygen atoms in total. The van der Waals surface area contributed by atoms with Gasteiger partial charge in [0.1, 0.15) is 0 Å². The van der Waals surface area contributed by atoms with Crippen molar-refractivity contribution in [2.45, 2.75) is 0 Å². The summed E-state index contributed by atoms with van der Waals surface area (Å²) in [5.41, 5.74) is 4.55. The number of esters is 1. The van der Waals surface area contributed by atoms with Gasteiger partial charge >= 0.3 is 5.97 Å². The van der Waals surface area contributed by atoms with E-state index in [4.69, 9.17) is 4.74 Å². The third kappa shape index (κ3) is 2.94. The van der Waals surface area contributed by atoms with Gasteiger partial charge in [0, 0.05) is 0 Å². The largest absolute Gasteiger partial charge is 0.465 e. The number of methoxy groups -OCH3 is 1. The number of carbonyl (C=O) groups is 1. The van der Waals surface area contributed by atoms with Crippen LogP contribution in [0.15, 0.2) is 58.9 Å². The summed E-state index contributed by atoms with van der Waals surface area (Å²) in [5, 5.41) is 8.48.